The minimum absolute atomic E-state index is 0.191. The first-order chi connectivity index (χ1) is 17.4. The maximum atomic E-state index is 14.7. The second kappa shape index (κ2) is 11.1. The summed E-state index contributed by atoms with van der Waals surface area (Å²) in [5.74, 6) is -1.32. The monoisotopic (exact) mass is 489 g/mol. The highest BCUT2D eigenvalue weighted by Crippen LogP contribution is 2.31. The van der Waals surface area contributed by atoms with E-state index in [4.69, 9.17) is 4.74 Å². The number of methoxy groups -OCH3 is 1. The van der Waals surface area contributed by atoms with Gasteiger partial charge in [-0.05, 0) is 54.8 Å². The van der Waals surface area contributed by atoms with Crippen LogP contribution in [0.5, 0.6) is 0 Å². The number of nitrogens with one attached hydrogen (secondary N) is 1. The predicted molar refractivity (Wildman–Crippen MR) is 135 cm³/mol. The summed E-state index contributed by atoms with van der Waals surface area (Å²) in [7, 11) is 1.54. The molecule has 3 aromatic carbocycles. The molecule has 0 bridgehead atoms. The lowest BCUT2D eigenvalue weighted by atomic mass is 9.98. The summed E-state index contributed by atoms with van der Waals surface area (Å²) in [5, 5.41) is 11.1. The van der Waals surface area contributed by atoms with Crippen molar-refractivity contribution in [2.45, 2.75) is 26.4 Å². The SMILES string of the molecule is COCCNC(=O)C(c1ccccc1C)N(C(=O)Cn1nnc2ccccc21)c1ccc(C)c(F)c1. The van der Waals surface area contributed by atoms with E-state index >= 15 is 0 Å². The molecule has 0 fully saturated rings. The quantitative estimate of drug-likeness (QED) is 0.362. The number of nitrogens with zero attached hydrogens (tertiary/aromatic N) is 4. The second-order valence-electron chi connectivity index (χ2n) is 8.48. The van der Waals surface area contributed by atoms with E-state index in [0.29, 0.717) is 28.8 Å². The van der Waals surface area contributed by atoms with Crippen LogP contribution in [0.15, 0.2) is 66.7 Å². The Hall–Kier alpha value is -4.11. The van der Waals surface area contributed by atoms with Gasteiger partial charge in [-0.1, -0.05) is 47.7 Å². The topological polar surface area (TPSA) is 89.4 Å². The number of halogens is 1. The van der Waals surface area contributed by atoms with E-state index in [1.807, 2.05) is 37.3 Å². The summed E-state index contributed by atoms with van der Waals surface area (Å²) in [4.78, 5) is 28.8. The molecule has 2 amide bonds. The molecule has 8 nitrogen and oxygen atoms in total. The summed E-state index contributed by atoms with van der Waals surface area (Å²) in [6.07, 6.45) is 0. The number of aromatic nitrogens is 3. The van der Waals surface area contributed by atoms with E-state index in [9.17, 15) is 14.0 Å². The molecule has 0 spiro atoms. The van der Waals surface area contributed by atoms with Crippen LogP contribution in [0.4, 0.5) is 10.1 Å². The maximum absolute atomic E-state index is 14.7. The fourth-order valence-corrected chi connectivity index (χ4v) is 4.07. The molecule has 0 saturated heterocycles. The van der Waals surface area contributed by atoms with Crippen LogP contribution < -0.4 is 10.2 Å². The molecule has 1 unspecified atom stereocenters. The van der Waals surface area contributed by atoms with Crippen molar-refractivity contribution in [2.75, 3.05) is 25.2 Å². The van der Waals surface area contributed by atoms with Crippen molar-refractivity contribution in [3.8, 4) is 0 Å². The number of fused-ring (bicyclic) bond motifs is 1. The first-order valence-electron chi connectivity index (χ1n) is 11.6. The zero-order valence-electron chi connectivity index (χ0n) is 20.4. The zero-order chi connectivity index (χ0) is 25.7. The van der Waals surface area contributed by atoms with Crippen molar-refractivity contribution < 1.29 is 18.7 Å². The smallest absolute Gasteiger partial charge is 0.249 e. The Morgan fingerprint density at radius 2 is 1.81 bits per heavy atom. The molecule has 0 aliphatic rings. The van der Waals surface area contributed by atoms with Gasteiger partial charge in [-0.15, -0.1) is 5.10 Å². The van der Waals surface area contributed by atoms with Crippen LogP contribution in [0, 0.1) is 19.7 Å². The van der Waals surface area contributed by atoms with E-state index in [-0.39, 0.29) is 18.8 Å². The van der Waals surface area contributed by atoms with E-state index in [1.165, 1.54) is 15.6 Å². The molecule has 0 aliphatic heterocycles. The number of anilines is 1. The van der Waals surface area contributed by atoms with Crippen LogP contribution in [-0.2, 0) is 20.9 Å². The Bertz CT molecular complexity index is 1390. The van der Waals surface area contributed by atoms with Crippen LogP contribution in [0.1, 0.15) is 22.7 Å². The summed E-state index contributed by atoms with van der Waals surface area (Å²) >= 11 is 0. The number of ether oxygens (including phenoxy) is 1. The maximum Gasteiger partial charge on any atom is 0.249 e. The summed E-state index contributed by atoms with van der Waals surface area (Å²) in [6, 6.07) is 18.1. The highest BCUT2D eigenvalue weighted by atomic mass is 19.1. The highest BCUT2D eigenvalue weighted by Gasteiger charge is 2.34. The Morgan fingerprint density at radius 1 is 1.06 bits per heavy atom. The van der Waals surface area contributed by atoms with Gasteiger partial charge < -0.3 is 10.1 Å². The molecule has 0 aliphatic carbocycles. The normalized spacial score (nSPS) is 11.9. The fourth-order valence-electron chi connectivity index (χ4n) is 4.07. The number of carbonyl (C=O) groups excluding carboxylic acids is 2. The van der Waals surface area contributed by atoms with Gasteiger partial charge in [-0.3, -0.25) is 14.5 Å². The van der Waals surface area contributed by atoms with E-state index in [0.717, 1.165) is 5.56 Å². The molecule has 9 heteroatoms. The van der Waals surface area contributed by atoms with Gasteiger partial charge in [0.05, 0.1) is 12.1 Å². The average molecular weight is 490 g/mol. The lowest BCUT2D eigenvalue weighted by molar-refractivity contribution is -0.127. The fraction of sp³-hybridized carbons (Fsp3) is 0.259. The van der Waals surface area contributed by atoms with Crippen LogP contribution in [0.25, 0.3) is 11.0 Å². The molecule has 1 N–H and O–H groups in total. The largest absolute Gasteiger partial charge is 0.383 e. The minimum atomic E-state index is -1.05. The van der Waals surface area contributed by atoms with Crippen LogP contribution in [0.3, 0.4) is 0 Å². The Balaban J connectivity index is 1.81. The van der Waals surface area contributed by atoms with Gasteiger partial charge in [0, 0.05) is 19.3 Å². The number of carbonyl (C=O) groups is 2. The van der Waals surface area contributed by atoms with Gasteiger partial charge in [0.1, 0.15) is 23.9 Å². The van der Waals surface area contributed by atoms with Crippen molar-refractivity contribution in [3.63, 3.8) is 0 Å². The Morgan fingerprint density at radius 3 is 2.56 bits per heavy atom. The molecule has 1 heterocycles. The van der Waals surface area contributed by atoms with Crippen molar-refractivity contribution in [1.82, 2.24) is 20.3 Å². The van der Waals surface area contributed by atoms with E-state index in [2.05, 4.69) is 15.6 Å². The first kappa shape index (κ1) is 25.0. The molecular weight excluding hydrogens is 461 g/mol. The lowest BCUT2D eigenvalue weighted by Gasteiger charge is -2.32. The third-order valence-electron chi connectivity index (χ3n) is 6.00. The number of aryl methyl sites for hydroxylation is 2. The third-order valence-corrected chi connectivity index (χ3v) is 6.00. The third kappa shape index (κ3) is 5.26. The van der Waals surface area contributed by atoms with Gasteiger partial charge in [-0.2, -0.15) is 0 Å². The number of hydrogen-bond acceptors (Lipinski definition) is 5. The summed E-state index contributed by atoms with van der Waals surface area (Å²) in [5.41, 5.74) is 3.48. The van der Waals surface area contributed by atoms with Crippen molar-refractivity contribution >= 4 is 28.5 Å². The van der Waals surface area contributed by atoms with Crippen molar-refractivity contribution in [2.24, 2.45) is 0 Å². The van der Waals surface area contributed by atoms with Gasteiger partial charge in [0.15, 0.2) is 0 Å². The number of benzene rings is 3. The van der Waals surface area contributed by atoms with Crippen LogP contribution in [-0.4, -0.2) is 47.1 Å². The summed E-state index contributed by atoms with van der Waals surface area (Å²) in [6.45, 7) is 3.89. The molecule has 1 aromatic heterocycles. The molecule has 0 saturated carbocycles. The molecule has 36 heavy (non-hydrogen) atoms. The van der Waals surface area contributed by atoms with Gasteiger partial charge >= 0.3 is 0 Å². The molecule has 4 aromatic rings. The van der Waals surface area contributed by atoms with Gasteiger partial charge in [-0.25, -0.2) is 9.07 Å². The van der Waals surface area contributed by atoms with Crippen LogP contribution in [0.2, 0.25) is 0 Å². The number of hydrogen-bond donors (Lipinski definition) is 1. The van der Waals surface area contributed by atoms with Crippen molar-refractivity contribution in [3.05, 3.63) is 89.2 Å². The van der Waals surface area contributed by atoms with Crippen LogP contribution >= 0.6 is 0 Å². The zero-order valence-corrected chi connectivity index (χ0v) is 20.4. The van der Waals surface area contributed by atoms with Gasteiger partial charge in [0.25, 0.3) is 0 Å². The lowest BCUT2D eigenvalue weighted by Crippen LogP contribution is -2.46. The Labute approximate surface area is 208 Å². The molecule has 0 radical (unpaired) electrons. The second-order valence-corrected chi connectivity index (χ2v) is 8.48. The standard InChI is InChI=1S/C27H28FN5O3/c1-18-8-4-5-9-21(18)26(27(35)29-14-15-36-3)33(20-13-12-19(2)22(28)16-20)25(34)17-32-24-11-7-6-10-23(24)30-31-32/h4-13,16,26H,14-15,17H2,1-3H3,(H,29,35). The van der Waals surface area contributed by atoms with E-state index < -0.39 is 23.7 Å². The highest BCUT2D eigenvalue weighted by molar-refractivity contribution is 6.01. The molecule has 1 atom stereocenters. The molecule has 186 valence electrons. The number of para-hydroxylation sites is 1. The first-order valence-corrected chi connectivity index (χ1v) is 11.6. The summed E-state index contributed by atoms with van der Waals surface area (Å²) < 4.78 is 21.3. The number of rotatable bonds is 9. The average Bonchev–Trinajstić information content (AvgIpc) is 3.27. The Kier molecular flexibility index (Phi) is 7.70. The van der Waals surface area contributed by atoms with E-state index in [1.54, 1.807) is 44.4 Å². The van der Waals surface area contributed by atoms with Gasteiger partial charge in [0.2, 0.25) is 11.8 Å². The molecular formula is C27H28FN5O3. The minimum Gasteiger partial charge on any atom is -0.383 e. The van der Waals surface area contributed by atoms with Crippen molar-refractivity contribution in [1.29, 1.82) is 0 Å². The predicted octanol–water partition coefficient (Wildman–Crippen LogP) is 3.72. The number of amides is 2. The molecule has 4 rings (SSSR count).